The van der Waals surface area contributed by atoms with Crippen molar-refractivity contribution in [3.8, 4) is 10.7 Å². The SMILES string of the molecule is Cn1c(S[C@@H]2COC(=O)C2)nnc1-c1cccs1. The van der Waals surface area contributed by atoms with Crippen LogP contribution >= 0.6 is 23.1 Å². The van der Waals surface area contributed by atoms with Crippen molar-refractivity contribution in [3.05, 3.63) is 17.5 Å². The van der Waals surface area contributed by atoms with E-state index in [2.05, 4.69) is 10.2 Å². The molecule has 94 valence electrons. The number of aromatic nitrogens is 3. The lowest BCUT2D eigenvalue weighted by atomic mass is 10.4. The number of carbonyl (C=O) groups excluding carboxylic acids is 1. The average molecular weight is 281 g/mol. The summed E-state index contributed by atoms with van der Waals surface area (Å²) in [6.07, 6.45) is 0.450. The predicted molar refractivity (Wildman–Crippen MR) is 69.5 cm³/mol. The zero-order chi connectivity index (χ0) is 12.5. The van der Waals surface area contributed by atoms with Crippen LogP contribution in [0, 0.1) is 0 Å². The molecular weight excluding hydrogens is 270 g/mol. The Kier molecular flexibility index (Phi) is 3.09. The minimum atomic E-state index is -0.131. The van der Waals surface area contributed by atoms with Gasteiger partial charge in [0.2, 0.25) is 0 Å². The monoisotopic (exact) mass is 281 g/mol. The Morgan fingerprint density at radius 1 is 1.56 bits per heavy atom. The maximum atomic E-state index is 11.0. The van der Waals surface area contributed by atoms with E-state index in [4.69, 9.17) is 4.74 Å². The minimum absolute atomic E-state index is 0.131. The van der Waals surface area contributed by atoms with Crippen LogP contribution in [-0.2, 0) is 16.6 Å². The van der Waals surface area contributed by atoms with E-state index >= 15 is 0 Å². The molecule has 0 aliphatic carbocycles. The standard InChI is InChI=1S/C11H11N3O2S2/c1-14-10(8-3-2-4-17-8)12-13-11(14)18-7-5-9(15)16-6-7/h2-4,7H,5-6H2,1H3/t7-/m0/s1. The molecule has 7 heteroatoms. The van der Waals surface area contributed by atoms with Crippen LogP contribution in [0.3, 0.4) is 0 Å². The maximum Gasteiger partial charge on any atom is 0.307 e. The summed E-state index contributed by atoms with van der Waals surface area (Å²) in [7, 11) is 1.94. The van der Waals surface area contributed by atoms with E-state index in [1.807, 2.05) is 29.1 Å². The van der Waals surface area contributed by atoms with Crippen LogP contribution in [0.5, 0.6) is 0 Å². The number of cyclic esters (lactones) is 1. The maximum absolute atomic E-state index is 11.0. The molecular formula is C11H11N3O2S2. The van der Waals surface area contributed by atoms with Gasteiger partial charge in [-0.25, -0.2) is 0 Å². The van der Waals surface area contributed by atoms with Crippen LogP contribution < -0.4 is 0 Å². The summed E-state index contributed by atoms with van der Waals surface area (Å²) in [4.78, 5) is 12.1. The lowest BCUT2D eigenvalue weighted by molar-refractivity contribution is -0.137. The molecule has 0 amide bonds. The molecule has 0 unspecified atom stereocenters. The van der Waals surface area contributed by atoms with Gasteiger partial charge in [-0.05, 0) is 11.4 Å². The van der Waals surface area contributed by atoms with E-state index in [1.54, 1.807) is 23.1 Å². The molecule has 1 atom stereocenters. The van der Waals surface area contributed by atoms with E-state index in [-0.39, 0.29) is 11.2 Å². The van der Waals surface area contributed by atoms with Gasteiger partial charge in [0.05, 0.1) is 16.5 Å². The van der Waals surface area contributed by atoms with Crippen molar-refractivity contribution in [2.45, 2.75) is 16.8 Å². The van der Waals surface area contributed by atoms with E-state index < -0.39 is 0 Å². The summed E-state index contributed by atoms with van der Waals surface area (Å²) in [6.45, 7) is 0.463. The number of esters is 1. The van der Waals surface area contributed by atoms with Crippen LogP contribution in [0.2, 0.25) is 0 Å². The zero-order valence-corrected chi connectivity index (χ0v) is 11.3. The van der Waals surface area contributed by atoms with Crippen molar-refractivity contribution in [3.63, 3.8) is 0 Å². The molecule has 0 spiro atoms. The summed E-state index contributed by atoms with van der Waals surface area (Å²) in [5.41, 5.74) is 0. The molecule has 3 rings (SSSR count). The smallest absolute Gasteiger partial charge is 0.307 e. The second-order valence-electron chi connectivity index (χ2n) is 3.97. The fourth-order valence-electron chi connectivity index (χ4n) is 1.75. The van der Waals surface area contributed by atoms with Gasteiger partial charge in [-0.3, -0.25) is 4.79 Å². The topological polar surface area (TPSA) is 57.0 Å². The van der Waals surface area contributed by atoms with Crippen molar-refractivity contribution < 1.29 is 9.53 Å². The summed E-state index contributed by atoms with van der Waals surface area (Å²) < 4.78 is 6.90. The highest BCUT2D eigenvalue weighted by Crippen LogP contribution is 2.30. The Bertz CT molecular complexity index is 565. The van der Waals surface area contributed by atoms with Gasteiger partial charge in [0.15, 0.2) is 11.0 Å². The van der Waals surface area contributed by atoms with Gasteiger partial charge < -0.3 is 9.30 Å². The molecule has 0 aromatic carbocycles. The molecule has 0 radical (unpaired) electrons. The molecule has 3 heterocycles. The summed E-state index contributed by atoms with van der Waals surface area (Å²) >= 11 is 3.18. The van der Waals surface area contributed by atoms with Gasteiger partial charge in [-0.2, -0.15) is 0 Å². The Labute approximate surface area is 112 Å². The summed E-state index contributed by atoms with van der Waals surface area (Å²) in [6, 6.07) is 4.01. The molecule has 0 N–H and O–H groups in total. The van der Waals surface area contributed by atoms with Gasteiger partial charge in [0.1, 0.15) is 6.61 Å². The Hall–Kier alpha value is -1.34. The first-order valence-electron chi connectivity index (χ1n) is 5.49. The molecule has 1 fully saturated rings. The predicted octanol–water partition coefficient (Wildman–Crippen LogP) is 1.95. The van der Waals surface area contributed by atoms with Crippen LogP contribution in [0.25, 0.3) is 10.7 Å². The van der Waals surface area contributed by atoms with Crippen LogP contribution in [-0.4, -0.2) is 32.6 Å². The number of carbonyl (C=O) groups is 1. The van der Waals surface area contributed by atoms with E-state index in [9.17, 15) is 4.79 Å². The Balaban J connectivity index is 1.80. The fraction of sp³-hybridized carbons (Fsp3) is 0.364. The van der Waals surface area contributed by atoms with Crippen molar-refractivity contribution in [2.24, 2.45) is 7.05 Å². The van der Waals surface area contributed by atoms with Gasteiger partial charge >= 0.3 is 5.97 Å². The average Bonchev–Trinajstić information content (AvgIpc) is 3.04. The minimum Gasteiger partial charge on any atom is -0.464 e. The van der Waals surface area contributed by atoms with Crippen LogP contribution in [0.1, 0.15) is 6.42 Å². The third-order valence-corrected chi connectivity index (χ3v) is 4.74. The first-order valence-corrected chi connectivity index (χ1v) is 7.25. The first kappa shape index (κ1) is 11.7. The van der Waals surface area contributed by atoms with E-state index in [0.717, 1.165) is 15.9 Å². The number of ether oxygens (including phenoxy) is 1. The highest BCUT2D eigenvalue weighted by Gasteiger charge is 2.26. The molecule has 1 aliphatic heterocycles. The largest absolute Gasteiger partial charge is 0.464 e. The quantitative estimate of drug-likeness (QED) is 0.805. The number of hydrogen-bond donors (Lipinski definition) is 0. The number of hydrogen-bond acceptors (Lipinski definition) is 6. The van der Waals surface area contributed by atoms with Crippen molar-refractivity contribution in [1.82, 2.24) is 14.8 Å². The lowest BCUT2D eigenvalue weighted by Gasteiger charge is -2.05. The Morgan fingerprint density at radius 2 is 2.44 bits per heavy atom. The van der Waals surface area contributed by atoms with Gasteiger partial charge in [0.25, 0.3) is 0 Å². The molecule has 1 aliphatic rings. The van der Waals surface area contributed by atoms with Gasteiger partial charge in [-0.1, -0.05) is 17.8 Å². The van der Waals surface area contributed by atoms with Crippen molar-refractivity contribution in [1.29, 1.82) is 0 Å². The fourth-order valence-corrected chi connectivity index (χ4v) is 3.48. The normalized spacial score (nSPS) is 19.2. The number of rotatable bonds is 3. The molecule has 1 saturated heterocycles. The van der Waals surface area contributed by atoms with Crippen LogP contribution in [0.4, 0.5) is 0 Å². The molecule has 0 bridgehead atoms. The molecule has 2 aromatic heterocycles. The second kappa shape index (κ2) is 4.74. The highest BCUT2D eigenvalue weighted by molar-refractivity contribution is 7.99. The second-order valence-corrected chi connectivity index (χ2v) is 6.18. The van der Waals surface area contributed by atoms with Gasteiger partial charge in [0, 0.05) is 7.05 Å². The third kappa shape index (κ3) is 2.15. The van der Waals surface area contributed by atoms with Crippen molar-refractivity contribution >= 4 is 29.1 Å². The number of nitrogens with zero attached hydrogens (tertiary/aromatic N) is 3. The lowest BCUT2D eigenvalue weighted by Crippen LogP contribution is -2.03. The van der Waals surface area contributed by atoms with E-state index in [1.165, 1.54) is 0 Å². The van der Waals surface area contributed by atoms with Crippen molar-refractivity contribution in [2.75, 3.05) is 6.61 Å². The number of thiophene rings is 1. The first-order chi connectivity index (χ1) is 8.74. The van der Waals surface area contributed by atoms with E-state index in [0.29, 0.717) is 13.0 Å². The summed E-state index contributed by atoms with van der Waals surface area (Å²) in [5.74, 6) is 0.728. The van der Waals surface area contributed by atoms with Crippen LogP contribution in [0.15, 0.2) is 22.7 Å². The third-order valence-electron chi connectivity index (χ3n) is 2.67. The molecule has 2 aromatic rings. The molecule has 0 saturated carbocycles. The Morgan fingerprint density at radius 3 is 3.11 bits per heavy atom. The van der Waals surface area contributed by atoms with Gasteiger partial charge in [-0.15, -0.1) is 21.5 Å². The number of thioether (sulfide) groups is 1. The highest BCUT2D eigenvalue weighted by atomic mass is 32.2. The summed E-state index contributed by atoms with van der Waals surface area (Å²) in [5, 5.41) is 11.4. The zero-order valence-electron chi connectivity index (χ0n) is 9.70. The molecule has 5 nitrogen and oxygen atoms in total. The molecule has 18 heavy (non-hydrogen) atoms.